The molecular formula is C6H6O4. The minimum absolute atomic E-state index is 0.0844. The number of carbonyl (C=O) groups excluding carboxylic acids is 2. The van der Waals surface area contributed by atoms with Gasteiger partial charge in [0.2, 0.25) is 5.78 Å². The predicted molar refractivity (Wildman–Crippen MR) is 30.4 cm³/mol. The van der Waals surface area contributed by atoms with Crippen molar-refractivity contribution >= 4 is 18.0 Å². The van der Waals surface area contributed by atoms with Gasteiger partial charge in [-0.2, -0.15) is 0 Å². The van der Waals surface area contributed by atoms with Gasteiger partial charge in [-0.15, -0.1) is 0 Å². The molecule has 0 atom stereocenters. The van der Waals surface area contributed by atoms with E-state index in [2.05, 4.69) is 0 Å². The third-order valence-electron chi connectivity index (χ3n) is 1.74. The van der Waals surface area contributed by atoms with Gasteiger partial charge in [-0.1, -0.05) is 0 Å². The van der Waals surface area contributed by atoms with Crippen molar-refractivity contribution in [3.63, 3.8) is 0 Å². The third-order valence-corrected chi connectivity index (χ3v) is 1.74. The van der Waals surface area contributed by atoms with Crippen LogP contribution in [0.5, 0.6) is 0 Å². The van der Waals surface area contributed by atoms with Crippen molar-refractivity contribution in [1.29, 1.82) is 0 Å². The molecule has 1 aliphatic rings. The molecular weight excluding hydrogens is 136 g/mol. The van der Waals surface area contributed by atoms with E-state index in [1.54, 1.807) is 0 Å². The Morgan fingerprint density at radius 1 is 1.40 bits per heavy atom. The zero-order valence-corrected chi connectivity index (χ0v) is 5.16. The number of Topliss-reactive ketones (excluding diaryl/α,β-unsaturated/α-hetero) is 1. The van der Waals surface area contributed by atoms with Gasteiger partial charge in [-0.25, -0.2) is 0 Å². The van der Waals surface area contributed by atoms with E-state index in [1.165, 1.54) is 0 Å². The maximum Gasteiger partial charge on any atom is 0.317 e. The highest BCUT2D eigenvalue weighted by molar-refractivity contribution is 6.33. The molecule has 1 aliphatic carbocycles. The fraction of sp³-hybridized carbons (Fsp3) is 0.500. The Balaban J connectivity index is 2.79. The number of carboxylic acid groups (broad SMARTS) is 1. The molecule has 4 nitrogen and oxygen atoms in total. The molecule has 10 heavy (non-hydrogen) atoms. The number of carbonyl (C=O) groups is 3. The first-order valence-corrected chi connectivity index (χ1v) is 2.86. The number of hydrogen-bond donors (Lipinski definition) is 1. The highest BCUT2D eigenvalue weighted by Crippen LogP contribution is 2.46. The summed E-state index contributed by atoms with van der Waals surface area (Å²) in [6, 6.07) is 0. The van der Waals surface area contributed by atoms with E-state index in [-0.39, 0.29) is 6.29 Å². The quantitative estimate of drug-likeness (QED) is 0.331. The minimum Gasteiger partial charge on any atom is -0.480 e. The molecule has 1 fully saturated rings. The first kappa shape index (κ1) is 6.92. The van der Waals surface area contributed by atoms with Gasteiger partial charge in [0.15, 0.2) is 6.29 Å². The van der Waals surface area contributed by atoms with Crippen LogP contribution >= 0.6 is 0 Å². The molecule has 0 amide bonds. The van der Waals surface area contributed by atoms with Crippen molar-refractivity contribution in [1.82, 2.24) is 0 Å². The lowest BCUT2D eigenvalue weighted by molar-refractivity contribution is -0.150. The third kappa shape index (κ3) is 0.725. The zero-order chi connectivity index (χ0) is 7.78. The maximum absolute atomic E-state index is 10.6. The summed E-state index contributed by atoms with van der Waals surface area (Å²) in [5, 5.41) is 8.43. The van der Waals surface area contributed by atoms with Gasteiger partial charge in [0.05, 0.1) is 0 Å². The molecule has 0 radical (unpaired) electrons. The van der Waals surface area contributed by atoms with E-state index in [0.717, 1.165) is 0 Å². The van der Waals surface area contributed by atoms with Crippen LogP contribution in [-0.4, -0.2) is 23.1 Å². The van der Waals surface area contributed by atoms with E-state index in [9.17, 15) is 14.4 Å². The summed E-state index contributed by atoms with van der Waals surface area (Å²) >= 11 is 0. The van der Waals surface area contributed by atoms with Crippen LogP contribution in [0.1, 0.15) is 12.8 Å². The molecule has 0 bridgehead atoms. The molecule has 0 aromatic heterocycles. The lowest BCUT2D eigenvalue weighted by Gasteiger charge is -1.99. The number of aliphatic carboxylic acids is 1. The normalized spacial score (nSPS) is 19.6. The van der Waals surface area contributed by atoms with Crippen LogP contribution in [0, 0.1) is 5.41 Å². The molecule has 0 saturated heterocycles. The average Bonchev–Trinajstić information content (AvgIpc) is 2.65. The lowest BCUT2D eigenvalue weighted by Crippen LogP contribution is -2.26. The van der Waals surface area contributed by atoms with E-state index < -0.39 is 17.2 Å². The Hall–Kier alpha value is -1.19. The summed E-state index contributed by atoms with van der Waals surface area (Å²) < 4.78 is 0. The molecule has 4 heteroatoms. The molecule has 1 saturated carbocycles. The number of hydrogen-bond acceptors (Lipinski definition) is 3. The fourth-order valence-electron chi connectivity index (χ4n) is 0.803. The monoisotopic (exact) mass is 142 g/mol. The molecule has 0 aromatic rings. The van der Waals surface area contributed by atoms with Crippen molar-refractivity contribution in [2.24, 2.45) is 5.41 Å². The summed E-state index contributed by atoms with van der Waals surface area (Å²) in [6.45, 7) is 0. The Labute approximate surface area is 56.8 Å². The van der Waals surface area contributed by atoms with Gasteiger partial charge in [0.25, 0.3) is 0 Å². The predicted octanol–water partition coefficient (Wildman–Crippen LogP) is -0.381. The summed E-state index contributed by atoms with van der Waals surface area (Å²) in [5.74, 6) is -1.98. The van der Waals surface area contributed by atoms with Crippen LogP contribution in [0.25, 0.3) is 0 Å². The number of rotatable bonds is 3. The highest BCUT2D eigenvalue weighted by Gasteiger charge is 2.56. The molecule has 0 unspecified atom stereocenters. The van der Waals surface area contributed by atoms with Gasteiger partial charge in [-0.3, -0.25) is 14.4 Å². The average molecular weight is 142 g/mol. The first-order valence-electron chi connectivity index (χ1n) is 2.86. The fourth-order valence-corrected chi connectivity index (χ4v) is 0.803. The number of carboxylic acids is 1. The van der Waals surface area contributed by atoms with Crippen molar-refractivity contribution in [3.8, 4) is 0 Å². The second-order valence-electron chi connectivity index (χ2n) is 2.37. The Morgan fingerprint density at radius 3 is 2.00 bits per heavy atom. The van der Waals surface area contributed by atoms with Crippen LogP contribution in [-0.2, 0) is 14.4 Å². The molecule has 0 spiro atoms. The van der Waals surface area contributed by atoms with E-state index in [1.807, 2.05) is 0 Å². The van der Waals surface area contributed by atoms with Crippen LogP contribution in [0.2, 0.25) is 0 Å². The molecule has 1 N–H and O–H groups in total. The smallest absolute Gasteiger partial charge is 0.317 e. The Kier molecular flexibility index (Phi) is 1.31. The van der Waals surface area contributed by atoms with Crippen LogP contribution in [0.4, 0.5) is 0 Å². The summed E-state index contributed by atoms with van der Waals surface area (Å²) in [7, 11) is 0. The second-order valence-corrected chi connectivity index (χ2v) is 2.37. The van der Waals surface area contributed by atoms with E-state index in [4.69, 9.17) is 5.11 Å². The van der Waals surface area contributed by atoms with E-state index >= 15 is 0 Å². The van der Waals surface area contributed by atoms with Crippen LogP contribution < -0.4 is 0 Å². The van der Waals surface area contributed by atoms with Crippen molar-refractivity contribution < 1.29 is 19.5 Å². The summed E-state index contributed by atoms with van der Waals surface area (Å²) in [6.07, 6.45) is 0.695. The summed E-state index contributed by atoms with van der Waals surface area (Å²) in [4.78, 5) is 30.8. The van der Waals surface area contributed by atoms with Crippen molar-refractivity contribution in [3.05, 3.63) is 0 Å². The summed E-state index contributed by atoms with van der Waals surface area (Å²) in [5.41, 5.74) is -1.33. The van der Waals surface area contributed by atoms with Crippen molar-refractivity contribution in [2.45, 2.75) is 12.8 Å². The Morgan fingerprint density at radius 2 is 1.90 bits per heavy atom. The van der Waals surface area contributed by atoms with Crippen molar-refractivity contribution in [2.75, 3.05) is 0 Å². The maximum atomic E-state index is 10.6. The standard InChI is InChI=1S/C6H6O4/c7-3-4(8)6(1-2-6)5(9)10/h3H,1-2H2,(H,9,10). The highest BCUT2D eigenvalue weighted by atomic mass is 16.4. The second kappa shape index (κ2) is 1.90. The number of ketones is 1. The molecule has 0 heterocycles. The largest absolute Gasteiger partial charge is 0.480 e. The van der Waals surface area contributed by atoms with Gasteiger partial charge in [-0.05, 0) is 12.8 Å². The molecule has 54 valence electrons. The lowest BCUT2D eigenvalue weighted by atomic mass is 10.0. The number of aldehydes is 1. The zero-order valence-electron chi connectivity index (χ0n) is 5.16. The van der Waals surface area contributed by atoms with Crippen LogP contribution in [0.15, 0.2) is 0 Å². The van der Waals surface area contributed by atoms with Crippen LogP contribution in [0.3, 0.4) is 0 Å². The first-order chi connectivity index (χ1) is 4.63. The molecule has 0 aliphatic heterocycles. The van der Waals surface area contributed by atoms with Gasteiger partial charge in [0, 0.05) is 0 Å². The van der Waals surface area contributed by atoms with E-state index in [0.29, 0.717) is 12.8 Å². The Bertz CT molecular complexity index is 202. The van der Waals surface area contributed by atoms with Gasteiger partial charge >= 0.3 is 5.97 Å². The molecule has 1 rings (SSSR count). The SMILES string of the molecule is O=CC(=O)C1(C(=O)O)CC1. The topological polar surface area (TPSA) is 71.4 Å². The minimum atomic E-state index is -1.33. The van der Waals surface area contributed by atoms with Gasteiger partial charge < -0.3 is 5.11 Å². The van der Waals surface area contributed by atoms with Gasteiger partial charge in [0.1, 0.15) is 5.41 Å². The molecule has 0 aromatic carbocycles.